The van der Waals surface area contributed by atoms with Crippen LogP contribution in [0.1, 0.15) is 22.8 Å². The van der Waals surface area contributed by atoms with Gasteiger partial charge in [-0.05, 0) is 37.3 Å². The zero-order valence-corrected chi connectivity index (χ0v) is 12.5. The summed E-state index contributed by atoms with van der Waals surface area (Å²) in [6.45, 7) is 1.29. The summed E-state index contributed by atoms with van der Waals surface area (Å²) in [7, 11) is 0. The van der Waals surface area contributed by atoms with Gasteiger partial charge in [-0.1, -0.05) is 6.07 Å². The molecule has 0 saturated heterocycles. The lowest BCUT2D eigenvalue weighted by Crippen LogP contribution is -2.30. The molecular weight excluding hydrogens is 318 g/mol. The molecule has 0 aliphatic carbocycles. The third-order valence-corrected chi connectivity index (χ3v) is 3.07. The van der Waals surface area contributed by atoms with Crippen molar-refractivity contribution in [1.29, 1.82) is 5.26 Å². The lowest BCUT2D eigenvalue weighted by Gasteiger charge is -2.14. The molecule has 2 rings (SSSR count). The Morgan fingerprint density at radius 1 is 1.21 bits per heavy atom. The molecule has 0 radical (unpaired) electrons. The van der Waals surface area contributed by atoms with Crippen LogP contribution in [0, 0.1) is 23.0 Å². The van der Waals surface area contributed by atoms with E-state index < -0.39 is 29.6 Å². The van der Waals surface area contributed by atoms with Crippen molar-refractivity contribution in [3.63, 3.8) is 0 Å². The van der Waals surface area contributed by atoms with Gasteiger partial charge in [0.05, 0.1) is 22.9 Å². The van der Waals surface area contributed by atoms with Crippen molar-refractivity contribution < 1.29 is 23.1 Å². The predicted molar refractivity (Wildman–Crippen MR) is 81.0 cm³/mol. The summed E-state index contributed by atoms with van der Waals surface area (Å²) in [5.74, 6) is -3.16. The summed E-state index contributed by atoms with van der Waals surface area (Å²) in [4.78, 5) is 23.9. The Hall–Kier alpha value is -3.27. The molecule has 2 aromatic rings. The smallest absolute Gasteiger partial charge is 0.338 e. The minimum Gasteiger partial charge on any atom is -0.449 e. The fourth-order valence-corrected chi connectivity index (χ4v) is 1.83. The number of ether oxygens (including phenoxy) is 1. The normalized spacial score (nSPS) is 11.2. The summed E-state index contributed by atoms with van der Waals surface area (Å²) in [6.07, 6.45) is -1.24. The van der Waals surface area contributed by atoms with Crippen molar-refractivity contribution in [2.24, 2.45) is 0 Å². The van der Waals surface area contributed by atoms with Gasteiger partial charge < -0.3 is 10.1 Å². The van der Waals surface area contributed by atoms with E-state index in [2.05, 4.69) is 5.32 Å². The highest BCUT2D eigenvalue weighted by Crippen LogP contribution is 2.16. The van der Waals surface area contributed by atoms with Gasteiger partial charge in [0.1, 0.15) is 11.6 Å². The van der Waals surface area contributed by atoms with E-state index in [0.717, 1.165) is 18.2 Å². The minimum absolute atomic E-state index is 0.102. The molecule has 0 aliphatic rings. The van der Waals surface area contributed by atoms with E-state index in [4.69, 9.17) is 10.00 Å². The van der Waals surface area contributed by atoms with Crippen molar-refractivity contribution >= 4 is 17.6 Å². The number of hydrogen-bond acceptors (Lipinski definition) is 4. The fraction of sp³-hybridized carbons (Fsp3) is 0.118. The molecule has 24 heavy (non-hydrogen) atoms. The third kappa shape index (κ3) is 4.14. The van der Waals surface area contributed by atoms with Crippen LogP contribution in [0.25, 0.3) is 0 Å². The SMILES string of the molecule is C[C@H](OC(=O)c1cccc(C#N)c1)C(=O)Nc1cc(F)ccc1F. The number of carbonyl (C=O) groups is 2. The summed E-state index contributed by atoms with van der Waals surface area (Å²) in [6, 6.07) is 10.2. The van der Waals surface area contributed by atoms with E-state index in [0.29, 0.717) is 0 Å². The Kier molecular flexibility index (Phi) is 5.22. The largest absolute Gasteiger partial charge is 0.449 e. The first-order valence-corrected chi connectivity index (χ1v) is 6.88. The molecule has 0 fully saturated rings. The number of anilines is 1. The lowest BCUT2D eigenvalue weighted by molar-refractivity contribution is -0.123. The number of hydrogen-bond donors (Lipinski definition) is 1. The van der Waals surface area contributed by atoms with Crippen LogP contribution in [0.2, 0.25) is 0 Å². The zero-order valence-electron chi connectivity index (χ0n) is 12.5. The van der Waals surface area contributed by atoms with Crippen molar-refractivity contribution in [3.8, 4) is 6.07 Å². The highest BCUT2D eigenvalue weighted by atomic mass is 19.1. The maximum Gasteiger partial charge on any atom is 0.338 e. The Bertz CT molecular complexity index is 831. The monoisotopic (exact) mass is 330 g/mol. The molecule has 0 saturated carbocycles. The molecule has 0 aliphatic heterocycles. The van der Waals surface area contributed by atoms with Gasteiger partial charge in [0.2, 0.25) is 0 Å². The predicted octanol–water partition coefficient (Wildman–Crippen LogP) is 3.02. The molecule has 1 N–H and O–H groups in total. The lowest BCUT2D eigenvalue weighted by atomic mass is 10.1. The molecule has 2 aromatic carbocycles. The molecule has 0 heterocycles. The molecule has 0 unspecified atom stereocenters. The number of benzene rings is 2. The zero-order chi connectivity index (χ0) is 17.7. The quantitative estimate of drug-likeness (QED) is 0.874. The van der Waals surface area contributed by atoms with Gasteiger partial charge in [0, 0.05) is 6.07 Å². The van der Waals surface area contributed by atoms with Crippen molar-refractivity contribution in [1.82, 2.24) is 0 Å². The molecule has 5 nitrogen and oxygen atoms in total. The average Bonchev–Trinajstić information content (AvgIpc) is 2.58. The molecule has 0 aromatic heterocycles. The van der Waals surface area contributed by atoms with Crippen molar-refractivity contribution in [2.45, 2.75) is 13.0 Å². The van der Waals surface area contributed by atoms with E-state index in [9.17, 15) is 18.4 Å². The Labute approximate surface area is 136 Å². The molecule has 0 bridgehead atoms. The summed E-state index contributed by atoms with van der Waals surface area (Å²) in [5.41, 5.74) is 0.0170. The van der Waals surface area contributed by atoms with Crippen molar-refractivity contribution in [3.05, 3.63) is 65.2 Å². The molecule has 1 amide bonds. The van der Waals surface area contributed by atoms with Gasteiger partial charge >= 0.3 is 5.97 Å². The number of halogens is 2. The molecular formula is C17H12F2N2O3. The van der Waals surface area contributed by atoms with E-state index in [1.54, 1.807) is 0 Å². The second-order valence-corrected chi connectivity index (χ2v) is 4.85. The number of esters is 1. The summed E-state index contributed by atoms with van der Waals surface area (Å²) in [5, 5.41) is 10.9. The topological polar surface area (TPSA) is 79.2 Å². The first-order valence-electron chi connectivity index (χ1n) is 6.88. The maximum atomic E-state index is 13.5. The second kappa shape index (κ2) is 7.33. The summed E-state index contributed by atoms with van der Waals surface area (Å²) >= 11 is 0. The Balaban J connectivity index is 2.04. The van der Waals surface area contributed by atoms with Gasteiger partial charge in [0.25, 0.3) is 5.91 Å². The van der Waals surface area contributed by atoms with Crippen LogP contribution in [-0.4, -0.2) is 18.0 Å². The average molecular weight is 330 g/mol. The number of nitrogens with one attached hydrogen (secondary N) is 1. The molecule has 122 valence electrons. The van der Waals surface area contributed by atoms with Crippen LogP contribution >= 0.6 is 0 Å². The number of amides is 1. The molecule has 1 atom stereocenters. The maximum absolute atomic E-state index is 13.5. The fourth-order valence-electron chi connectivity index (χ4n) is 1.83. The van der Waals surface area contributed by atoms with Gasteiger partial charge in [-0.2, -0.15) is 5.26 Å². The molecule has 7 heteroatoms. The first kappa shape index (κ1) is 17.1. The molecule has 0 spiro atoms. The minimum atomic E-state index is -1.24. The van der Waals surface area contributed by atoms with E-state index >= 15 is 0 Å². The van der Waals surface area contributed by atoms with Crippen LogP contribution in [-0.2, 0) is 9.53 Å². The Morgan fingerprint density at radius 3 is 2.67 bits per heavy atom. The van der Waals surface area contributed by atoms with Gasteiger partial charge in [-0.3, -0.25) is 4.79 Å². The number of nitrogens with zero attached hydrogens (tertiary/aromatic N) is 1. The van der Waals surface area contributed by atoms with E-state index in [1.165, 1.54) is 31.2 Å². The number of nitriles is 1. The van der Waals surface area contributed by atoms with Gasteiger partial charge in [-0.15, -0.1) is 0 Å². The van der Waals surface area contributed by atoms with E-state index in [-0.39, 0.29) is 16.8 Å². The van der Waals surface area contributed by atoms with Crippen molar-refractivity contribution in [2.75, 3.05) is 5.32 Å². The number of carbonyl (C=O) groups excluding carboxylic acids is 2. The third-order valence-electron chi connectivity index (χ3n) is 3.07. The van der Waals surface area contributed by atoms with Gasteiger partial charge in [0.15, 0.2) is 6.10 Å². The van der Waals surface area contributed by atoms with Crippen LogP contribution in [0.15, 0.2) is 42.5 Å². The Morgan fingerprint density at radius 2 is 1.96 bits per heavy atom. The standard InChI is InChI=1S/C17H12F2N2O3/c1-10(16(22)21-15-8-13(18)5-6-14(15)19)24-17(23)12-4-2-3-11(7-12)9-20/h2-8,10H,1H3,(H,21,22)/t10-/m0/s1. The van der Waals surface area contributed by atoms with Crippen LogP contribution in [0.5, 0.6) is 0 Å². The number of rotatable bonds is 4. The van der Waals surface area contributed by atoms with Crippen LogP contribution in [0.4, 0.5) is 14.5 Å². The second-order valence-electron chi connectivity index (χ2n) is 4.85. The highest BCUT2D eigenvalue weighted by molar-refractivity contribution is 5.97. The van der Waals surface area contributed by atoms with Crippen LogP contribution in [0.3, 0.4) is 0 Å². The highest BCUT2D eigenvalue weighted by Gasteiger charge is 2.20. The van der Waals surface area contributed by atoms with Crippen LogP contribution < -0.4 is 5.32 Å². The van der Waals surface area contributed by atoms with E-state index in [1.807, 2.05) is 6.07 Å². The summed E-state index contributed by atoms with van der Waals surface area (Å²) < 4.78 is 31.5. The van der Waals surface area contributed by atoms with Gasteiger partial charge in [-0.25, -0.2) is 13.6 Å². The first-order chi connectivity index (χ1) is 11.4.